The van der Waals surface area contributed by atoms with Crippen LogP contribution in [0.25, 0.3) is 0 Å². The van der Waals surface area contributed by atoms with Gasteiger partial charge in [-0.1, -0.05) is 36.2 Å². The van der Waals surface area contributed by atoms with Crippen LogP contribution in [0.1, 0.15) is 19.4 Å². The fourth-order valence-corrected chi connectivity index (χ4v) is 3.01. The molecule has 7 heteroatoms. The summed E-state index contributed by atoms with van der Waals surface area (Å²) in [5.41, 5.74) is 1.26. The number of carbonyl (C=O) groups excluding carboxylic acids is 1. The van der Waals surface area contributed by atoms with Gasteiger partial charge in [-0.05, 0) is 49.4 Å². The Hall–Kier alpha value is -1.82. The molecule has 26 heavy (non-hydrogen) atoms. The Balaban J connectivity index is 2.08. The van der Waals surface area contributed by atoms with Crippen LogP contribution < -0.4 is 10.1 Å². The summed E-state index contributed by atoms with van der Waals surface area (Å²) in [6.07, 6.45) is 0. The Bertz CT molecular complexity index is 786. The molecule has 2 aromatic rings. The van der Waals surface area contributed by atoms with E-state index in [2.05, 4.69) is 5.32 Å². The van der Waals surface area contributed by atoms with E-state index in [4.69, 9.17) is 27.9 Å². The smallest absolute Gasteiger partial charge is 0.241 e. The maximum absolute atomic E-state index is 13.9. The third-order valence-corrected chi connectivity index (χ3v) is 4.67. The van der Waals surface area contributed by atoms with Crippen molar-refractivity contribution in [2.45, 2.75) is 26.4 Å². The van der Waals surface area contributed by atoms with Crippen LogP contribution in [0.2, 0.25) is 10.0 Å². The SMILES string of the molecule is CCN(Cc1ccc(OC)c(F)c1)[C@@H](C)C(=O)Nc1ccc(Cl)cc1Cl. The largest absolute Gasteiger partial charge is 0.494 e. The molecule has 0 saturated carbocycles. The van der Waals surface area contributed by atoms with E-state index in [1.807, 2.05) is 11.8 Å². The van der Waals surface area contributed by atoms with Gasteiger partial charge in [-0.25, -0.2) is 4.39 Å². The zero-order valence-electron chi connectivity index (χ0n) is 14.9. The zero-order valence-corrected chi connectivity index (χ0v) is 16.4. The van der Waals surface area contributed by atoms with Gasteiger partial charge in [0.1, 0.15) is 0 Å². The number of nitrogens with one attached hydrogen (secondary N) is 1. The minimum atomic E-state index is -0.433. The van der Waals surface area contributed by atoms with E-state index >= 15 is 0 Å². The maximum atomic E-state index is 13.9. The monoisotopic (exact) mass is 398 g/mol. The van der Waals surface area contributed by atoms with Crippen LogP contribution >= 0.6 is 23.2 Å². The van der Waals surface area contributed by atoms with Crippen molar-refractivity contribution in [1.29, 1.82) is 0 Å². The molecule has 140 valence electrons. The Morgan fingerprint density at radius 3 is 2.58 bits per heavy atom. The molecule has 0 heterocycles. The summed E-state index contributed by atoms with van der Waals surface area (Å²) >= 11 is 12.0. The number of anilines is 1. The average Bonchev–Trinajstić information content (AvgIpc) is 2.61. The van der Waals surface area contributed by atoms with Gasteiger partial charge >= 0.3 is 0 Å². The number of methoxy groups -OCH3 is 1. The minimum Gasteiger partial charge on any atom is -0.494 e. The number of benzene rings is 2. The van der Waals surface area contributed by atoms with Crippen LogP contribution in [0.3, 0.4) is 0 Å². The van der Waals surface area contributed by atoms with Crippen molar-refractivity contribution >= 4 is 34.8 Å². The third-order valence-electron chi connectivity index (χ3n) is 4.12. The zero-order chi connectivity index (χ0) is 19.3. The molecule has 0 aromatic heterocycles. The van der Waals surface area contributed by atoms with Crippen molar-refractivity contribution in [3.63, 3.8) is 0 Å². The second-order valence-corrected chi connectivity index (χ2v) is 6.67. The van der Waals surface area contributed by atoms with E-state index < -0.39 is 11.9 Å². The second kappa shape index (κ2) is 9.21. The lowest BCUT2D eigenvalue weighted by Gasteiger charge is -2.27. The number of carbonyl (C=O) groups is 1. The molecule has 2 aromatic carbocycles. The molecule has 0 saturated heterocycles. The predicted molar refractivity (Wildman–Crippen MR) is 104 cm³/mol. The summed E-state index contributed by atoms with van der Waals surface area (Å²) < 4.78 is 18.8. The lowest BCUT2D eigenvalue weighted by Crippen LogP contribution is -2.41. The van der Waals surface area contributed by atoms with Gasteiger partial charge in [0.2, 0.25) is 5.91 Å². The van der Waals surface area contributed by atoms with E-state index in [9.17, 15) is 9.18 Å². The first-order chi connectivity index (χ1) is 12.3. The number of hydrogen-bond acceptors (Lipinski definition) is 3. The molecule has 0 radical (unpaired) electrons. The normalized spacial score (nSPS) is 12.1. The quantitative estimate of drug-likeness (QED) is 0.713. The summed E-state index contributed by atoms with van der Waals surface area (Å²) in [7, 11) is 1.42. The van der Waals surface area contributed by atoms with Crippen molar-refractivity contribution < 1.29 is 13.9 Å². The molecule has 4 nitrogen and oxygen atoms in total. The first kappa shape index (κ1) is 20.5. The molecule has 0 aliphatic heterocycles. The van der Waals surface area contributed by atoms with Gasteiger partial charge in [-0.2, -0.15) is 0 Å². The molecular weight excluding hydrogens is 378 g/mol. The van der Waals surface area contributed by atoms with Crippen molar-refractivity contribution in [3.05, 3.63) is 57.8 Å². The standard InChI is InChI=1S/C19H21Cl2FN2O2/c1-4-24(11-13-5-8-18(26-3)16(22)9-13)12(2)19(25)23-17-7-6-14(20)10-15(17)21/h5-10,12H,4,11H2,1-3H3,(H,23,25)/t12-/m0/s1. The van der Waals surface area contributed by atoms with Gasteiger partial charge in [0.05, 0.1) is 23.9 Å². The van der Waals surface area contributed by atoms with Gasteiger partial charge in [0, 0.05) is 11.6 Å². The van der Waals surface area contributed by atoms with Crippen LogP contribution in [-0.2, 0) is 11.3 Å². The summed E-state index contributed by atoms with van der Waals surface area (Å²) in [5, 5.41) is 3.67. The minimum absolute atomic E-state index is 0.194. The van der Waals surface area contributed by atoms with Crippen LogP contribution in [0.15, 0.2) is 36.4 Å². The van der Waals surface area contributed by atoms with E-state index in [1.165, 1.54) is 13.2 Å². The molecule has 1 N–H and O–H groups in total. The Kier molecular flexibility index (Phi) is 7.26. The van der Waals surface area contributed by atoms with E-state index in [0.29, 0.717) is 28.8 Å². The molecule has 2 rings (SSSR count). The van der Waals surface area contributed by atoms with Gasteiger partial charge < -0.3 is 10.1 Å². The van der Waals surface area contributed by atoms with Crippen molar-refractivity contribution in [2.75, 3.05) is 19.0 Å². The highest BCUT2D eigenvalue weighted by Gasteiger charge is 2.21. The van der Waals surface area contributed by atoms with Crippen molar-refractivity contribution in [1.82, 2.24) is 4.90 Å². The first-order valence-electron chi connectivity index (χ1n) is 8.18. The molecule has 0 aliphatic carbocycles. The molecule has 0 spiro atoms. The molecule has 0 aliphatic rings. The molecule has 0 bridgehead atoms. The highest BCUT2D eigenvalue weighted by molar-refractivity contribution is 6.36. The molecular formula is C19H21Cl2FN2O2. The number of nitrogens with zero attached hydrogens (tertiary/aromatic N) is 1. The van der Waals surface area contributed by atoms with Gasteiger partial charge in [-0.15, -0.1) is 0 Å². The number of rotatable bonds is 7. The average molecular weight is 399 g/mol. The summed E-state index contributed by atoms with van der Waals surface area (Å²) in [5.74, 6) is -0.434. The van der Waals surface area contributed by atoms with Crippen LogP contribution in [0, 0.1) is 5.82 Å². The number of likely N-dealkylation sites (N-methyl/N-ethyl adjacent to an activating group) is 1. The highest BCUT2D eigenvalue weighted by Crippen LogP contribution is 2.26. The fourth-order valence-electron chi connectivity index (χ4n) is 2.56. The van der Waals surface area contributed by atoms with Crippen LogP contribution in [0.4, 0.5) is 10.1 Å². The Morgan fingerprint density at radius 1 is 1.27 bits per heavy atom. The number of ether oxygens (including phenoxy) is 1. The van der Waals surface area contributed by atoms with Crippen molar-refractivity contribution in [3.8, 4) is 5.75 Å². The predicted octanol–water partition coefficient (Wildman–Crippen LogP) is 4.99. The number of hydrogen-bond donors (Lipinski definition) is 1. The van der Waals surface area contributed by atoms with E-state index in [1.54, 1.807) is 37.3 Å². The topological polar surface area (TPSA) is 41.6 Å². The van der Waals surface area contributed by atoms with Gasteiger partial charge in [0.15, 0.2) is 11.6 Å². The van der Waals surface area contributed by atoms with Crippen molar-refractivity contribution in [2.24, 2.45) is 0 Å². The van der Waals surface area contributed by atoms with Gasteiger partial charge in [0.25, 0.3) is 0 Å². The number of amides is 1. The van der Waals surface area contributed by atoms with Crippen LogP contribution in [0.5, 0.6) is 5.75 Å². The molecule has 0 fully saturated rings. The molecule has 0 unspecified atom stereocenters. The third kappa shape index (κ3) is 5.10. The first-order valence-corrected chi connectivity index (χ1v) is 8.93. The van der Waals surface area contributed by atoms with Gasteiger partial charge in [-0.3, -0.25) is 9.69 Å². The molecule has 1 atom stereocenters. The Labute approximate surface area is 162 Å². The van der Waals surface area contributed by atoms with E-state index in [0.717, 1.165) is 5.56 Å². The lowest BCUT2D eigenvalue weighted by atomic mass is 10.1. The molecule has 1 amide bonds. The second-order valence-electron chi connectivity index (χ2n) is 5.82. The summed E-state index contributed by atoms with van der Waals surface area (Å²) in [4.78, 5) is 14.5. The summed E-state index contributed by atoms with van der Waals surface area (Å²) in [6.45, 7) is 4.79. The summed E-state index contributed by atoms with van der Waals surface area (Å²) in [6, 6.07) is 9.23. The number of halogens is 3. The lowest BCUT2D eigenvalue weighted by molar-refractivity contribution is -0.120. The maximum Gasteiger partial charge on any atom is 0.241 e. The Morgan fingerprint density at radius 2 is 2.00 bits per heavy atom. The van der Waals surface area contributed by atoms with Crippen LogP contribution in [-0.4, -0.2) is 30.5 Å². The van der Waals surface area contributed by atoms with E-state index in [-0.39, 0.29) is 11.7 Å². The highest BCUT2D eigenvalue weighted by atomic mass is 35.5. The fraction of sp³-hybridized carbons (Fsp3) is 0.316.